The molecule has 1 atom stereocenters. The molecule has 0 spiro atoms. The van der Waals surface area contributed by atoms with Crippen LogP contribution in [0, 0.1) is 5.92 Å². The van der Waals surface area contributed by atoms with E-state index in [1.54, 1.807) is 0 Å². The first-order chi connectivity index (χ1) is 6.59. The van der Waals surface area contributed by atoms with Gasteiger partial charge in [0.2, 0.25) is 0 Å². The highest BCUT2D eigenvalue weighted by Crippen LogP contribution is 2.12. The van der Waals surface area contributed by atoms with E-state index in [1.807, 2.05) is 0 Å². The van der Waals surface area contributed by atoms with Gasteiger partial charge in [0.15, 0.2) is 0 Å². The lowest BCUT2D eigenvalue weighted by Crippen LogP contribution is -2.53. The number of nitrogens with zero attached hydrogens (tertiary/aromatic N) is 1. The Kier molecular flexibility index (Phi) is 4.35. The maximum Gasteiger partial charge on any atom is 0.317 e. The van der Waals surface area contributed by atoms with Crippen molar-refractivity contribution in [2.45, 2.75) is 26.3 Å². The van der Waals surface area contributed by atoms with Crippen LogP contribution >= 0.6 is 0 Å². The van der Waals surface area contributed by atoms with Crippen molar-refractivity contribution in [2.75, 3.05) is 26.2 Å². The molecule has 4 heteroatoms. The van der Waals surface area contributed by atoms with Crippen LogP contribution in [-0.4, -0.2) is 48.2 Å². The fourth-order valence-electron chi connectivity index (χ4n) is 1.96. The van der Waals surface area contributed by atoms with E-state index in [9.17, 15) is 4.79 Å². The van der Waals surface area contributed by atoms with Gasteiger partial charge in [0, 0.05) is 25.7 Å². The Morgan fingerprint density at radius 2 is 2.36 bits per heavy atom. The average Bonchev–Trinajstić information content (AvgIpc) is 2.06. The molecule has 0 amide bonds. The highest BCUT2D eigenvalue weighted by molar-refractivity contribution is 5.69. The summed E-state index contributed by atoms with van der Waals surface area (Å²) >= 11 is 0. The van der Waals surface area contributed by atoms with E-state index in [0.29, 0.717) is 12.0 Å². The van der Waals surface area contributed by atoms with Crippen molar-refractivity contribution >= 4 is 5.97 Å². The molecule has 1 rings (SSSR count). The Morgan fingerprint density at radius 3 is 2.93 bits per heavy atom. The van der Waals surface area contributed by atoms with E-state index in [0.717, 1.165) is 26.1 Å². The quantitative estimate of drug-likeness (QED) is 0.689. The summed E-state index contributed by atoms with van der Waals surface area (Å²) in [6.45, 7) is 7.21. The van der Waals surface area contributed by atoms with Crippen LogP contribution in [0.25, 0.3) is 0 Å². The summed E-state index contributed by atoms with van der Waals surface area (Å²) in [4.78, 5) is 12.7. The molecule has 1 saturated heterocycles. The summed E-state index contributed by atoms with van der Waals surface area (Å²) in [5, 5.41) is 12.1. The molecule has 1 fully saturated rings. The SMILES string of the molecule is CC(C)C[C@@H]1CNCCN1CC(=O)O. The lowest BCUT2D eigenvalue weighted by Gasteiger charge is -2.36. The van der Waals surface area contributed by atoms with Crippen molar-refractivity contribution in [2.24, 2.45) is 5.92 Å². The fourth-order valence-corrected chi connectivity index (χ4v) is 1.96. The van der Waals surface area contributed by atoms with Gasteiger partial charge in [0.1, 0.15) is 0 Å². The molecule has 82 valence electrons. The molecule has 0 aromatic heterocycles. The van der Waals surface area contributed by atoms with Crippen LogP contribution in [0.2, 0.25) is 0 Å². The molecule has 0 aliphatic carbocycles. The van der Waals surface area contributed by atoms with E-state index >= 15 is 0 Å². The number of nitrogens with one attached hydrogen (secondary N) is 1. The van der Waals surface area contributed by atoms with Crippen molar-refractivity contribution in [3.63, 3.8) is 0 Å². The lowest BCUT2D eigenvalue weighted by molar-refractivity contribution is -0.139. The predicted molar refractivity (Wildman–Crippen MR) is 55.3 cm³/mol. The highest BCUT2D eigenvalue weighted by atomic mass is 16.4. The Labute approximate surface area is 85.3 Å². The summed E-state index contributed by atoms with van der Waals surface area (Å²) in [5.74, 6) is -0.100. The van der Waals surface area contributed by atoms with Crippen LogP contribution in [-0.2, 0) is 4.79 Å². The van der Waals surface area contributed by atoms with E-state index in [4.69, 9.17) is 5.11 Å². The highest BCUT2D eigenvalue weighted by Gasteiger charge is 2.24. The molecule has 0 aromatic rings. The fraction of sp³-hybridized carbons (Fsp3) is 0.900. The molecule has 0 unspecified atom stereocenters. The van der Waals surface area contributed by atoms with Crippen LogP contribution in [0.1, 0.15) is 20.3 Å². The Morgan fingerprint density at radius 1 is 1.64 bits per heavy atom. The van der Waals surface area contributed by atoms with Gasteiger partial charge in [-0.3, -0.25) is 9.69 Å². The summed E-state index contributed by atoms with van der Waals surface area (Å²) in [6, 6.07) is 0.389. The summed E-state index contributed by atoms with van der Waals surface area (Å²) in [6.07, 6.45) is 1.07. The van der Waals surface area contributed by atoms with Gasteiger partial charge in [0.05, 0.1) is 6.54 Å². The van der Waals surface area contributed by atoms with Gasteiger partial charge >= 0.3 is 5.97 Å². The molecular formula is C10H20N2O2. The molecule has 0 saturated carbocycles. The third-order valence-electron chi connectivity index (χ3n) is 2.55. The number of carboxylic acid groups (broad SMARTS) is 1. The van der Waals surface area contributed by atoms with Crippen LogP contribution in [0.5, 0.6) is 0 Å². The maximum atomic E-state index is 10.6. The molecule has 1 heterocycles. The van der Waals surface area contributed by atoms with Gasteiger partial charge < -0.3 is 10.4 Å². The van der Waals surface area contributed by atoms with E-state index < -0.39 is 5.97 Å². The molecule has 14 heavy (non-hydrogen) atoms. The molecule has 1 aliphatic rings. The number of carboxylic acids is 1. The Balaban J connectivity index is 2.45. The predicted octanol–water partition coefficient (Wildman–Crippen LogP) is 0.391. The maximum absolute atomic E-state index is 10.6. The molecule has 0 radical (unpaired) electrons. The van der Waals surface area contributed by atoms with E-state index in [-0.39, 0.29) is 6.54 Å². The average molecular weight is 200 g/mol. The van der Waals surface area contributed by atoms with E-state index in [2.05, 4.69) is 24.1 Å². The van der Waals surface area contributed by atoms with Crippen molar-refractivity contribution in [1.82, 2.24) is 10.2 Å². The molecule has 4 nitrogen and oxygen atoms in total. The van der Waals surface area contributed by atoms with Gasteiger partial charge in [-0.25, -0.2) is 0 Å². The molecule has 2 N–H and O–H groups in total. The number of hydrogen-bond donors (Lipinski definition) is 2. The van der Waals surface area contributed by atoms with Gasteiger partial charge in [-0.2, -0.15) is 0 Å². The Bertz CT molecular complexity index is 195. The number of hydrogen-bond acceptors (Lipinski definition) is 3. The van der Waals surface area contributed by atoms with Gasteiger partial charge in [-0.1, -0.05) is 13.8 Å². The van der Waals surface area contributed by atoms with Crippen LogP contribution < -0.4 is 5.32 Å². The summed E-state index contributed by atoms with van der Waals surface area (Å²) < 4.78 is 0. The zero-order valence-electron chi connectivity index (χ0n) is 8.99. The van der Waals surface area contributed by atoms with Gasteiger partial charge in [0.25, 0.3) is 0 Å². The number of aliphatic carboxylic acids is 1. The van der Waals surface area contributed by atoms with Crippen molar-refractivity contribution in [1.29, 1.82) is 0 Å². The minimum Gasteiger partial charge on any atom is -0.480 e. The van der Waals surface area contributed by atoms with Gasteiger partial charge in [-0.05, 0) is 12.3 Å². The minimum atomic E-state index is -0.722. The zero-order valence-corrected chi connectivity index (χ0v) is 8.99. The first-order valence-electron chi connectivity index (χ1n) is 5.26. The number of carbonyl (C=O) groups is 1. The monoisotopic (exact) mass is 200 g/mol. The molecular weight excluding hydrogens is 180 g/mol. The summed E-state index contributed by atoms with van der Waals surface area (Å²) in [5.41, 5.74) is 0. The second-order valence-corrected chi connectivity index (χ2v) is 4.35. The van der Waals surface area contributed by atoms with Gasteiger partial charge in [-0.15, -0.1) is 0 Å². The minimum absolute atomic E-state index is 0.180. The second kappa shape index (κ2) is 5.32. The van der Waals surface area contributed by atoms with E-state index in [1.165, 1.54) is 0 Å². The normalized spacial score (nSPS) is 24.1. The first kappa shape index (κ1) is 11.5. The standard InChI is InChI=1S/C10H20N2O2/c1-8(2)5-9-6-11-3-4-12(9)7-10(13)14/h8-9,11H,3-7H2,1-2H3,(H,13,14)/t9-/m1/s1. The molecule has 0 aromatic carbocycles. The third kappa shape index (κ3) is 3.64. The zero-order chi connectivity index (χ0) is 10.6. The number of piperazine rings is 1. The third-order valence-corrected chi connectivity index (χ3v) is 2.55. The van der Waals surface area contributed by atoms with Crippen LogP contribution in [0.4, 0.5) is 0 Å². The van der Waals surface area contributed by atoms with Crippen LogP contribution in [0.15, 0.2) is 0 Å². The second-order valence-electron chi connectivity index (χ2n) is 4.35. The smallest absolute Gasteiger partial charge is 0.317 e. The molecule has 0 bridgehead atoms. The van der Waals surface area contributed by atoms with Crippen molar-refractivity contribution < 1.29 is 9.90 Å². The Hall–Kier alpha value is -0.610. The molecule has 1 aliphatic heterocycles. The van der Waals surface area contributed by atoms with Crippen LogP contribution in [0.3, 0.4) is 0 Å². The lowest BCUT2D eigenvalue weighted by atomic mass is 10.0. The summed E-state index contributed by atoms with van der Waals surface area (Å²) in [7, 11) is 0. The first-order valence-corrected chi connectivity index (χ1v) is 5.26. The largest absolute Gasteiger partial charge is 0.480 e. The topological polar surface area (TPSA) is 52.6 Å². The van der Waals surface area contributed by atoms with Crippen molar-refractivity contribution in [3.05, 3.63) is 0 Å². The number of rotatable bonds is 4. The van der Waals surface area contributed by atoms with Crippen molar-refractivity contribution in [3.8, 4) is 0 Å².